The molecule has 25 heavy (non-hydrogen) atoms. The number of carbonyl (C=O) groups excluding carboxylic acids is 2. The van der Waals surface area contributed by atoms with Crippen molar-refractivity contribution in [2.75, 3.05) is 17.2 Å². The van der Waals surface area contributed by atoms with Crippen LogP contribution in [0.25, 0.3) is 0 Å². The fraction of sp³-hybridized carbons (Fsp3) is 0.562. The molecule has 2 heterocycles. The van der Waals surface area contributed by atoms with Gasteiger partial charge in [-0.25, -0.2) is 9.59 Å². The van der Waals surface area contributed by atoms with E-state index in [-0.39, 0.29) is 11.5 Å². The van der Waals surface area contributed by atoms with Crippen molar-refractivity contribution < 1.29 is 19.1 Å². The van der Waals surface area contributed by atoms with Crippen molar-refractivity contribution in [3.63, 3.8) is 0 Å². The van der Waals surface area contributed by atoms with Crippen molar-refractivity contribution >= 4 is 23.6 Å². The molecule has 138 valence electrons. The first-order valence-electron chi connectivity index (χ1n) is 7.98. The van der Waals surface area contributed by atoms with Gasteiger partial charge in [-0.1, -0.05) is 20.8 Å². The molecule has 1 aliphatic heterocycles. The predicted octanol–water partition coefficient (Wildman–Crippen LogP) is 1.22. The summed E-state index contributed by atoms with van der Waals surface area (Å²) in [6.45, 7) is 6.43. The van der Waals surface area contributed by atoms with E-state index in [4.69, 9.17) is 26.7 Å². The van der Waals surface area contributed by atoms with Gasteiger partial charge in [0.25, 0.3) is 0 Å². The van der Waals surface area contributed by atoms with E-state index in [0.717, 1.165) is 0 Å². The number of nitrogen functional groups attached to an aromatic ring is 1. The fourth-order valence-corrected chi connectivity index (χ4v) is 3.44. The summed E-state index contributed by atoms with van der Waals surface area (Å²) in [4.78, 5) is 28.6. The lowest BCUT2D eigenvalue weighted by atomic mass is 9.78. The summed E-state index contributed by atoms with van der Waals surface area (Å²) in [6.07, 6.45) is 0.526. The molecule has 0 aromatic carbocycles. The van der Waals surface area contributed by atoms with E-state index < -0.39 is 24.4 Å². The van der Waals surface area contributed by atoms with Gasteiger partial charge in [-0.05, 0) is 11.5 Å². The predicted molar refractivity (Wildman–Crippen MR) is 92.8 cm³/mol. The van der Waals surface area contributed by atoms with Crippen LogP contribution in [0.15, 0.2) is 18.5 Å². The number of aromatic nitrogens is 1. The lowest BCUT2D eigenvalue weighted by molar-refractivity contribution is -0.00672. The molecule has 2 amide bonds. The summed E-state index contributed by atoms with van der Waals surface area (Å²) in [6, 6.07) is 1.53. The van der Waals surface area contributed by atoms with E-state index in [0.29, 0.717) is 24.3 Å². The highest BCUT2D eigenvalue weighted by molar-refractivity contribution is 5.69. The number of primary amides is 2. The largest absolute Gasteiger partial charge is 0.444 e. The van der Waals surface area contributed by atoms with Crippen molar-refractivity contribution in [3.05, 3.63) is 18.5 Å². The molecule has 0 bridgehead atoms. The average Bonchev–Trinajstić information content (AvgIpc) is 2.44. The molecule has 1 aromatic heterocycles. The summed E-state index contributed by atoms with van der Waals surface area (Å²) >= 11 is 0. The van der Waals surface area contributed by atoms with Gasteiger partial charge in [-0.15, -0.1) is 0 Å². The first-order chi connectivity index (χ1) is 11.6. The Labute approximate surface area is 146 Å². The van der Waals surface area contributed by atoms with Gasteiger partial charge < -0.3 is 31.6 Å². The third-order valence-electron chi connectivity index (χ3n) is 4.16. The molecule has 1 fully saturated rings. The van der Waals surface area contributed by atoms with Crippen molar-refractivity contribution in [3.8, 4) is 0 Å². The van der Waals surface area contributed by atoms with E-state index >= 15 is 0 Å². The van der Waals surface area contributed by atoms with Crippen LogP contribution in [0.2, 0.25) is 0 Å². The summed E-state index contributed by atoms with van der Waals surface area (Å²) in [5.74, 6) is 0. The monoisotopic (exact) mass is 351 g/mol. The topological polar surface area (TPSA) is 147 Å². The molecular formula is C16H25N5O4. The van der Waals surface area contributed by atoms with Crippen molar-refractivity contribution in [1.82, 2.24) is 4.98 Å². The van der Waals surface area contributed by atoms with Crippen LogP contribution in [0.3, 0.4) is 0 Å². The van der Waals surface area contributed by atoms with Gasteiger partial charge in [0.15, 0.2) is 0 Å². The van der Waals surface area contributed by atoms with Gasteiger partial charge in [0.1, 0.15) is 12.2 Å². The summed E-state index contributed by atoms with van der Waals surface area (Å²) in [7, 11) is 0. The number of anilines is 2. The molecule has 1 unspecified atom stereocenters. The minimum atomic E-state index is -0.889. The van der Waals surface area contributed by atoms with Gasteiger partial charge in [-0.3, -0.25) is 4.98 Å². The molecule has 6 N–H and O–H groups in total. The Morgan fingerprint density at radius 1 is 1.24 bits per heavy atom. The maximum Gasteiger partial charge on any atom is 0.404 e. The zero-order valence-electron chi connectivity index (χ0n) is 14.6. The first-order valence-corrected chi connectivity index (χ1v) is 7.98. The minimum Gasteiger partial charge on any atom is -0.444 e. The van der Waals surface area contributed by atoms with Crippen LogP contribution in [-0.4, -0.2) is 42.0 Å². The summed E-state index contributed by atoms with van der Waals surface area (Å²) < 4.78 is 10.5. The van der Waals surface area contributed by atoms with Crippen molar-refractivity contribution in [2.45, 2.75) is 45.4 Å². The second kappa shape index (κ2) is 7.04. The molecule has 0 spiro atoms. The molecular weight excluding hydrogens is 326 g/mol. The van der Waals surface area contributed by atoms with Crippen LogP contribution < -0.4 is 22.1 Å². The van der Waals surface area contributed by atoms with Crippen molar-refractivity contribution in [1.29, 1.82) is 0 Å². The second-order valence-electron chi connectivity index (χ2n) is 7.17. The van der Waals surface area contributed by atoms with Crippen LogP contribution in [0.1, 0.15) is 27.2 Å². The highest BCUT2D eigenvalue weighted by atomic mass is 16.6. The van der Waals surface area contributed by atoms with Crippen LogP contribution >= 0.6 is 0 Å². The molecule has 3 atom stereocenters. The Morgan fingerprint density at radius 2 is 1.88 bits per heavy atom. The molecule has 9 heteroatoms. The molecule has 0 aliphatic carbocycles. The SMILES string of the molecule is CC(C)(C)[C@@H]1[C@H](OC(N)=O)CC(OC(N)=O)CN1c1ccncc1N. The zero-order chi connectivity index (χ0) is 18.8. The van der Waals surface area contributed by atoms with E-state index in [1.807, 2.05) is 25.7 Å². The van der Waals surface area contributed by atoms with Crippen molar-refractivity contribution in [2.24, 2.45) is 16.9 Å². The summed E-state index contributed by atoms with van der Waals surface area (Å²) in [5, 5.41) is 0. The number of pyridine rings is 1. The van der Waals surface area contributed by atoms with E-state index in [9.17, 15) is 9.59 Å². The Kier molecular flexibility index (Phi) is 5.24. The second-order valence-corrected chi connectivity index (χ2v) is 7.17. The molecule has 0 radical (unpaired) electrons. The molecule has 0 saturated carbocycles. The van der Waals surface area contributed by atoms with Gasteiger partial charge in [0, 0.05) is 12.6 Å². The molecule has 9 nitrogen and oxygen atoms in total. The Bertz CT molecular complexity index is 646. The number of hydrogen-bond acceptors (Lipinski definition) is 7. The number of rotatable bonds is 3. The minimum absolute atomic E-state index is 0.238. The maximum absolute atomic E-state index is 11.4. The third kappa shape index (κ3) is 4.43. The number of nitrogens with two attached hydrogens (primary N) is 3. The Morgan fingerprint density at radius 3 is 2.40 bits per heavy atom. The van der Waals surface area contributed by atoms with Crippen LogP contribution in [-0.2, 0) is 9.47 Å². The number of amides is 2. The van der Waals surface area contributed by atoms with E-state index in [1.165, 1.54) is 6.20 Å². The lowest BCUT2D eigenvalue weighted by Crippen LogP contribution is -2.61. The number of hydrogen-bond donors (Lipinski definition) is 3. The van der Waals surface area contributed by atoms with Gasteiger partial charge >= 0.3 is 12.2 Å². The van der Waals surface area contributed by atoms with Gasteiger partial charge in [0.2, 0.25) is 0 Å². The van der Waals surface area contributed by atoms with Gasteiger partial charge in [0.05, 0.1) is 30.2 Å². The lowest BCUT2D eigenvalue weighted by Gasteiger charge is -2.50. The molecule has 2 rings (SSSR count). The standard InChI is InChI=1S/C16H25N5O4/c1-16(2,3)13-12(25-15(19)23)6-9(24-14(18)22)8-21(13)11-4-5-20-7-10(11)17/h4-5,7,9,12-13H,6,8,17H2,1-3H3,(H2,18,22)(H2,19,23)/t9?,12-,13+/m1/s1. The quantitative estimate of drug-likeness (QED) is 0.741. The molecule has 1 aromatic rings. The van der Waals surface area contributed by atoms with Crippen LogP contribution in [0.4, 0.5) is 21.0 Å². The number of nitrogens with zero attached hydrogens (tertiary/aromatic N) is 2. The Hall–Kier alpha value is -2.71. The van der Waals surface area contributed by atoms with E-state index in [2.05, 4.69) is 4.98 Å². The molecule has 1 saturated heterocycles. The van der Waals surface area contributed by atoms with Gasteiger partial charge in [-0.2, -0.15) is 0 Å². The highest BCUT2D eigenvalue weighted by Gasteiger charge is 2.46. The number of carbonyl (C=O) groups is 2. The maximum atomic E-state index is 11.4. The number of ether oxygens (including phenoxy) is 2. The number of piperidine rings is 1. The fourth-order valence-electron chi connectivity index (χ4n) is 3.44. The van der Waals surface area contributed by atoms with Crippen LogP contribution in [0.5, 0.6) is 0 Å². The highest BCUT2D eigenvalue weighted by Crippen LogP contribution is 2.39. The molecule has 1 aliphatic rings. The van der Waals surface area contributed by atoms with E-state index in [1.54, 1.807) is 12.3 Å². The van der Waals surface area contributed by atoms with Crippen LogP contribution in [0, 0.1) is 5.41 Å². The third-order valence-corrected chi connectivity index (χ3v) is 4.16. The summed E-state index contributed by atoms with van der Waals surface area (Å²) in [5.41, 5.74) is 17.4. The zero-order valence-corrected chi connectivity index (χ0v) is 14.6. The average molecular weight is 351 g/mol. The Balaban J connectivity index is 2.46. The normalized spacial score (nSPS) is 23.8. The first kappa shape index (κ1) is 18.6. The smallest absolute Gasteiger partial charge is 0.404 e.